The molecule has 1 nitrogen and oxygen atoms in total. The minimum Gasteiger partial charge on any atom is -0.382 e. The Kier molecular flexibility index (Phi) is 7.75. The van der Waals surface area contributed by atoms with Crippen LogP contribution in [0.3, 0.4) is 0 Å². The quantitative estimate of drug-likeness (QED) is 0.620. The normalized spacial score (nSPS) is 18.5. The van der Waals surface area contributed by atoms with E-state index >= 15 is 0 Å². The van der Waals surface area contributed by atoms with Crippen molar-refractivity contribution in [3.05, 3.63) is 115 Å². The first-order chi connectivity index (χ1) is 13.4. The molecule has 2 aromatic rings. The van der Waals surface area contributed by atoms with E-state index in [2.05, 4.69) is 108 Å². The second-order valence-electron chi connectivity index (χ2n) is 6.96. The minimum absolute atomic E-state index is 0.456. The van der Waals surface area contributed by atoms with Gasteiger partial charge in [0.25, 0.3) is 0 Å². The highest BCUT2D eigenvalue weighted by atomic mass is 14.9. The number of rotatable bonds is 3. The lowest BCUT2D eigenvalue weighted by atomic mass is 9.80. The smallest absolute Gasteiger partial charge is 0.0342 e. The van der Waals surface area contributed by atoms with Crippen molar-refractivity contribution in [2.75, 3.05) is 5.32 Å². The van der Waals surface area contributed by atoms with Crippen LogP contribution in [0, 0.1) is 0 Å². The highest BCUT2D eigenvalue weighted by Crippen LogP contribution is 2.34. The molecule has 2 atom stereocenters. The SMILES string of the molecule is c1ccccc(NC2CCCCC2c2ccccccccc2)cccc1. The Labute approximate surface area is 163 Å². The van der Waals surface area contributed by atoms with E-state index in [-0.39, 0.29) is 0 Å². The second-order valence-corrected chi connectivity index (χ2v) is 6.96. The lowest BCUT2D eigenvalue weighted by Gasteiger charge is -2.33. The Hall–Kier alpha value is -2.80. The summed E-state index contributed by atoms with van der Waals surface area (Å²) in [7, 11) is 0. The third-order valence-corrected chi connectivity index (χ3v) is 5.01. The van der Waals surface area contributed by atoms with Gasteiger partial charge in [-0.2, -0.15) is 0 Å². The van der Waals surface area contributed by atoms with Crippen LogP contribution < -0.4 is 5.32 Å². The molecule has 0 radical (unpaired) electrons. The minimum atomic E-state index is 0.456. The first-order valence-electron chi connectivity index (χ1n) is 9.97. The van der Waals surface area contributed by atoms with Crippen LogP contribution in [0.25, 0.3) is 0 Å². The molecule has 0 amide bonds. The van der Waals surface area contributed by atoms with Gasteiger partial charge in [-0.15, -0.1) is 0 Å². The van der Waals surface area contributed by atoms with E-state index in [9.17, 15) is 0 Å². The molecule has 3 rings (SSSR count). The van der Waals surface area contributed by atoms with E-state index in [4.69, 9.17) is 0 Å². The summed E-state index contributed by atoms with van der Waals surface area (Å²) < 4.78 is 0. The molecule has 0 spiro atoms. The molecule has 138 valence electrons. The summed E-state index contributed by atoms with van der Waals surface area (Å²) in [6, 6.07) is 38.5. The van der Waals surface area contributed by atoms with Gasteiger partial charge in [-0.25, -0.2) is 0 Å². The predicted molar refractivity (Wildman–Crippen MR) is 117 cm³/mol. The zero-order chi connectivity index (χ0) is 18.6. The molecule has 2 unspecified atom stereocenters. The Morgan fingerprint density at radius 1 is 0.519 bits per heavy atom. The van der Waals surface area contributed by atoms with Gasteiger partial charge < -0.3 is 5.32 Å². The van der Waals surface area contributed by atoms with Gasteiger partial charge in [-0.1, -0.05) is 110 Å². The van der Waals surface area contributed by atoms with Gasteiger partial charge in [0, 0.05) is 17.6 Å². The molecule has 1 fully saturated rings. The number of anilines is 1. The molecule has 0 aromatic heterocycles. The molecule has 1 heteroatoms. The second kappa shape index (κ2) is 11.0. The Morgan fingerprint density at radius 3 is 1.52 bits per heavy atom. The molecule has 27 heavy (non-hydrogen) atoms. The van der Waals surface area contributed by atoms with E-state index in [0.29, 0.717) is 12.0 Å². The fraction of sp³-hybridized carbons (Fsp3) is 0.231. The molecule has 0 heterocycles. The van der Waals surface area contributed by atoms with E-state index < -0.39 is 0 Å². The molecule has 1 aliphatic rings. The third-order valence-electron chi connectivity index (χ3n) is 5.01. The fourth-order valence-electron chi connectivity index (χ4n) is 3.66. The number of nitrogens with one attached hydrogen (secondary N) is 1. The molecule has 2 aromatic carbocycles. The summed E-state index contributed by atoms with van der Waals surface area (Å²) in [6.45, 7) is 0. The average molecular weight is 356 g/mol. The lowest BCUT2D eigenvalue weighted by molar-refractivity contribution is 0.405. The maximum Gasteiger partial charge on any atom is 0.0342 e. The fourth-order valence-corrected chi connectivity index (χ4v) is 3.66. The van der Waals surface area contributed by atoms with Gasteiger partial charge in [0.2, 0.25) is 0 Å². The summed E-state index contributed by atoms with van der Waals surface area (Å²) in [5.41, 5.74) is 2.58. The van der Waals surface area contributed by atoms with E-state index in [1.54, 1.807) is 0 Å². The van der Waals surface area contributed by atoms with Gasteiger partial charge in [-0.05, 0) is 30.5 Å². The average Bonchev–Trinajstić information content (AvgIpc) is 2.71. The number of hydrogen-bond acceptors (Lipinski definition) is 1. The maximum atomic E-state index is 3.82. The van der Waals surface area contributed by atoms with Crippen LogP contribution in [-0.2, 0) is 0 Å². The highest BCUT2D eigenvalue weighted by molar-refractivity contribution is 5.43. The first-order valence-corrected chi connectivity index (χ1v) is 9.97. The molecule has 1 N–H and O–H groups in total. The molecule has 1 saturated carbocycles. The zero-order valence-electron chi connectivity index (χ0n) is 15.9. The van der Waals surface area contributed by atoms with Crippen LogP contribution in [0.2, 0.25) is 0 Å². The van der Waals surface area contributed by atoms with Crippen LogP contribution in [-0.4, -0.2) is 6.04 Å². The van der Waals surface area contributed by atoms with Crippen molar-refractivity contribution in [3.8, 4) is 0 Å². The molecule has 0 aliphatic heterocycles. The van der Waals surface area contributed by atoms with Crippen molar-refractivity contribution in [1.29, 1.82) is 0 Å². The van der Waals surface area contributed by atoms with Crippen LogP contribution in [0.5, 0.6) is 0 Å². The van der Waals surface area contributed by atoms with Crippen molar-refractivity contribution in [1.82, 2.24) is 0 Å². The topological polar surface area (TPSA) is 12.0 Å². The van der Waals surface area contributed by atoms with Crippen molar-refractivity contribution in [2.45, 2.75) is 37.6 Å². The molecule has 0 bridgehead atoms. The largest absolute Gasteiger partial charge is 0.382 e. The van der Waals surface area contributed by atoms with Crippen LogP contribution in [0.1, 0.15) is 37.2 Å². The first kappa shape index (κ1) is 19.0. The van der Waals surface area contributed by atoms with Crippen LogP contribution in [0.15, 0.2) is 109 Å². The molecule has 0 saturated heterocycles. The summed E-state index contributed by atoms with van der Waals surface area (Å²) >= 11 is 0. The Balaban J connectivity index is 1.89. The van der Waals surface area contributed by atoms with Crippen LogP contribution in [0.4, 0.5) is 5.69 Å². The summed E-state index contributed by atoms with van der Waals surface area (Å²) in [6.07, 6.45) is 5.03. The maximum absolute atomic E-state index is 3.82. The zero-order valence-corrected chi connectivity index (χ0v) is 15.9. The van der Waals surface area contributed by atoms with E-state index in [1.165, 1.54) is 36.9 Å². The van der Waals surface area contributed by atoms with Crippen molar-refractivity contribution in [3.63, 3.8) is 0 Å². The van der Waals surface area contributed by atoms with Gasteiger partial charge in [0.15, 0.2) is 0 Å². The monoisotopic (exact) mass is 355 g/mol. The standard InChI is InChI=1S/C26H29N/c1-3-7-11-17-23(18-12-8-4-1)25-21-15-16-22-26(25)27-24-19-13-9-5-2-6-10-14-20-24/h1-14,17-20,25-27H,15-16,21-22H2. The van der Waals surface area contributed by atoms with Gasteiger partial charge in [0.1, 0.15) is 0 Å². The molecular formula is C26H29N. The van der Waals surface area contributed by atoms with Crippen LogP contribution >= 0.6 is 0 Å². The Bertz CT molecular complexity index is 762. The third kappa shape index (κ3) is 6.45. The van der Waals surface area contributed by atoms with E-state index in [0.717, 1.165) is 0 Å². The Morgan fingerprint density at radius 2 is 0.963 bits per heavy atom. The van der Waals surface area contributed by atoms with Crippen molar-refractivity contribution >= 4 is 5.69 Å². The summed E-state index contributed by atoms with van der Waals surface area (Å²) in [4.78, 5) is 0. The molecular weight excluding hydrogens is 326 g/mol. The van der Waals surface area contributed by atoms with Crippen molar-refractivity contribution < 1.29 is 0 Å². The predicted octanol–water partition coefficient (Wildman–Crippen LogP) is 7.07. The van der Waals surface area contributed by atoms with Gasteiger partial charge in [-0.3, -0.25) is 0 Å². The van der Waals surface area contributed by atoms with Gasteiger partial charge in [0.05, 0.1) is 0 Å². The molecule has 1 aliphatic carbocycles. The van der Waals surface area contributed by atoms with Crippen molar-refractivity contribution in [2.24, 2.45) is 0 Å². The lowest BCUT2D eigenvalue weighted by Crippen LogP contribution is -2.30. The summed E-state index contributed by atoms with van der Waals surface area (Å²) in [5, 5.41) is 3.82. The van der Waals surface area contributed by atoms with E-state index in [1.807, 2.05) is 6.07 Å². The number of hydrogen-bond donors (Lipinski definition) is 1. The summed E-state index contributed by atoms with van der Waals surface area (Å²) in [5.74, 6) is 0.528. The highest BCUT2D eigenvalue weighted by Gasteiger charge is 2.25. The van der Waals surface area contributed by atoms with Gasteiger partial charge >= 0.3 is 0 Å².